The second-order valence-electron chi connectivity index (χ2n) is 6.39. The molecular formula is C18H25NO. The van der Waals surface area contributed by atoms with E-state index in [2.05, 4.69) is 36.1 Å². The van der Waals surface area contributed by atoms with Crippen LogP contribution in [0.1, 0.15) is 43.7 Å². The quantitative estimate of drug-likeness (QED) is 0.807. The Morgan fingerprint density at radius 2 is 1.85 bits per heavy atom. The molecule has 1 aromatic rings. The second-order valence-corrected chi connectivity index (χ2v) is 6.39. The molecule has 0 bridgehead atoms. The minimum Gasteiger partial charge on any atom is -0.342 e. The molecule has 1 aromatic carbocycles. The number of rotatable bonds is 2. The minimum absolute atomic E-state index is 0.225. The molecule has 1 heterocycles. The van der Waals surface area contributed by atoms with Crippen molar-refractivity contribution in [2.75, 3.05) is 13.1 Å². The largest absolute Gasteiger partial charge is 0.342 e. The summed E-state index contributed by atoms with van der Waals surface area (Å²) in [5.74, 6) is 1.48. The van der Waals surface area contributed by atoms with E-state index < -0.39 is 0 Å². The zero-order valence-electron chi connectivity index (χ0n) is 12.5. The highest BCUT2D eigenvalue weighted by atomic mass is 16.2. The van der Waals surface area contributed by atoms with Crippen LogP contribution in [-0.4, -0.2) is 23.9 Å². The number of amides is 1. The Morgan fingerprint density at radius 3 is 2.55 bits per heavy atom. The zero-order chi connectivity index (χ0) is 13.9. The normalized spacial score (nSPS) is 23.4. The molecular weight excluding hydrogens is 246 g/mol. The number of aryl methyl sites for hydroxylation is 1. The van der Waals surface area contributed by atoms with E-state index in [-0.39, 0.29) is 5.92 Å². The third-order valence-corrected chi connectivity index (χ3v) is 5.20. The molecule has 1 unspecified atom stereocenters. The maximum Gasteiger partial charge on any atom is 0.226 e. The second kappa shape index (κ2) is 5.99. The summed E-state index contributed by atoms with van der Waals surface area (Å²) in [5.41, 5.74) is 2.83. The van der Waals surface area contributed by atoms with Gasteiger partial charge in [0.1, 0.15) is 0 Å². The lowest BCUT2D eigenvalue weighted by molar-refractivity contribution is -0.137. The molecule has 0 spiro atoms. The average molecular weight is 271 g/mol. The van der Waals surface area contributed by atoms with Crippen LogP contribution in [0.15, 0.2) is 24.3 Å². The Labute approximate surface area is 122 Å². The first-order valence-electron chi connectivity index (χ1n) is 8.13. The summed E-state index contributed by atoms with van der Waals surface area (Å²) in [6, 6.07) is 8.61. The van der Waals surface area contributed by atoms with Crippen molar-refractivity contribution < 1.29 is 4.79 Å². The molecule has 1 amide bonds. The van der Waals surface area contributed by atoms with Crippen LogP contribution in [0, 0.1) is 11.8 Å². The fourth-order valence-electron chi connectivity index (χ4n) is 3.73. The van der Waals surface area contributed by atoms with E-state index in [0.717, 1.165) is 38.3 Å². The standard InChI is InChI=1S/C18H25NO/c1-2-14-9-11-19(12-10-14)18(20)17-8-7-15-5-3-4-6-16(15)13-17/h3-6,14,17H,2,7-13H2,1H3. The molecule has 0 saturated carbocycles. The minimum atomic E-state index is 0.225. The molecule has 1 atom stereocenters. The lowest BCUT2D eigenvalue weighted by Crippen LogP contribution is -2.43. The number of hydrogen-bond donors (Lipinski definition) is 0. The maximum absolute atomic E-state index is 12.7. The van der Waals surface area contributed by atoms with Gasteiger partial charge in [-0.05, 0) is 49.1 Å². The first kappa shape index (κ1) is 13.7. The van der Waals surface area contributed by atoms with Gasteiger partial charge >= 0.3 is 0 Å². The third kappa shape index (κ3) is 2.74. The summed E-state index contributed by atoms with van der Waals surface area (Å²) < 4.78 is 0. The number of likely N-dealkylation sites (tertiary alicyclic amines) is 1. The summed E-state index contributed by atoms with van der Waals surface area (Å²) >= 11 is 0. The number of benzene rings is 1. The molecule has 1 saturated heterocycles. The number of piperidine rings is 1. The molecule has 1 fully saturated rings. The maximum atomic E-state index is 12.7. The van der Waals surface area contributed by atoms with Crippen LogP contribution in [0.5, 0.6) is 0 Å². The van der Waals surface area contributed by atoms with Crippen molar-refractivity contribution in [3.63, 3.8) is 0 Å². The molecule has 108 valence electrons. The van der Waals surface area contributed by atoms with Gasteiger partial charge in [0.25, 0.3) is 0 Å². The first-order chi connectivity index (χ1) is 9.78. The Kier molecular flexibility index (Phi) is 4.09. The molecule has 2 aliphatic rings. The van der Waals surface area contributed by atoms with Crippen LogP contribution in [0.3, 0.4) is 0 Å². The number of carbonyl (C=O) groups is 1. The molecule has 2 heteroatoms. The van der Waals surface area contributed by atoms with E-state index in [9.17, 15) is 4.79 Å². The predicted octanol–water partition coefficient (Wildman–Crippen LogP) is 3.44. The SMILES string of the molecule is CCC1CCN(C(=O)C2CCc3ccccc3C2)CC1. The summed E-state index contributed by atoms with van der Waals surface area (Å²) in [5, 5.41) is 0. The van der Waals surface area contributed by atoms with E-state index in [1.165, 1.54) is 30.4 Å². The highest BCUT2D eigenvalue weighted by Crippen LogP contribution is 2.28. The van der Waals surface area contributed by atoms with E-state index in [1.54, 1.807) is 0 Å². The van der Waals surface area contributed by atoms with Gasteiger partial charge in [-0.2, -0.15) is 0 Å². The predicted molar refractivity (Wildman–Crippen MR) is 81.6 cm³/mol. The fourth-order valence-corrected chi connectivity index (χ4v) is 3.73. The van der Waals surface area contributed by atoms with E-state index in [0.29, 0.717) is 5.91 Å². The lowest BCUT2D eigenvalue weighted by atomic mass is 9.82. The number of hydrogen-bond acceptors (Lipinski definition) is 1. The first-order valence-corrected chi connectivity index (χ1v) is 8.13. The molecule has 0 N–H and O–H groups in total. The van der Waals surface area contributed by atoms with Crippen molar-refractivity contribution in [3.8, 4) is 0 Å². The Bertz CT molecular complexity index is 474. The molecule has 3 rings (SSSR count). The Hall–Kier alpha value is -1.31. The summed E-state index contributed by atoms with van der Waals surface area (Å²) in [6.07, 6.45) is 6.71. The Morgan fingerprint density at radius 1 is 1.15 bits per heavy atom. The summed E-state index contributed by atoms with van der Waals surface area (Å²) in [6.45, 7) is 4.23. The molecule has 0 radical (unpaired) electrons. The molecule has 1 aliphatic carbocycles. The number of carbonyl (C=O) groups excluding carboxylic acids is 1. The van der Waals surface area contributed by atoms with Gasteiger partial charge < -0.3 is 4.90 Å². The highest BCUT2D eigenvalue weighted by molar-refractivity contribution is 5.79. The van der Waals surface area contributed by atoms with Gasteiger partial charge in [0, 0.05) is 19.0 Å². The van der Waals surface area contributed by atoms with Crippen LogP contribution >= 0.6 is 0 Å². The highest BCUT2D eigenvalue weighted by Gasteiger charge is 2.30. The van der Waals surface area contributed by atoms with Gasteiger partial charge in [0.05, 0.1) is 0 Å². The molecule has 20 heavy (non-hydrogen) atoms. The van der Waals surface area contributed by atoms with E-state index in [1.807, 2.05) is 0 Å². The van der Waals surface area contributed by atoms with Crippen molar-refractivity contribution in [2.24, 2.45) is 11.8 Å². The van der Waals surface area contributed by atoms with Crippen molar-refractivity contribution in [3.05, 3.63) is 35.4 Å². The lowest BCUT2D eigenvalue weighted by Gasteiger charge is -2.35. The smallest absolute Gasteiger partial charge is 0.226 e. The number of fused-ring (bicyclic) bond motifs is 1. The van der Waals surface area contributed by atoms with Crippen LogP contribution in [-0.2, 0) is 17.6 Å². The molecule has 1 aliphatic heterocycles. The van der Waals surface area contributed by atoms with Crippen molar-refractivity contribution >= 4 is 5.91 Å². The molecule has 0 aromatic heterocycles. The van der Waals surface area contributed by atoms with Crippen molar-refractivity contribution in [2.45, 2.75) is 45.4 Å². The Balaban J connectivity index is 1.62. The van der Waals surface area contributed by atoms with Gasteiger partial charge in [0.15, 0.2) is 0 Å². The van der Waals surface area contributed by atoms with Gasteiger partial charge in [-0.25, -0.2) is 0 Å². The van der Waals surface area contributed by atoms with Crippen molar-refractivity contribution in [1.29, 1.82) is 0 Å². The summed E-state index contributed by atoms with van der Waals surface area (Å²) in [7, 11) is 0. The van der Waals surface area contributed by atoms with Crippen LogP contribution < -0.4 is 0 Å². The van der Waals surface area contributed by atoms with E-state index in [4.69, 9.17) is 0 Å². The fraction of sp³-hybridized carbons (Fsp3) is 0.611. The van der Waals surface area contributed by atoms with Gasteiger partial charge in [-0.3, -0.25) is 4.79 Å². The van der Waals surface area contributed by atoms with Gasteiger partial charge in [-0.15, -0.1) is 0 Å². The van der Waals surface area contributed by atoms with Gasteiger partial charge in [0.2, 0.25) is 5.91 Å². The average Bonchev–Trinajstić information content (AvgIpc) is 2.54. The molecule has 2 nitrogen and oxygen atoms in total. The van der Waals surface area contributed by atoms with Crippen LogP contribution in [0.25, 0.3) is 0 Å². The number of nitrogens with zero attached hydrogens (tertiary/aromatic N) is 1. The zero-order valence-corrected chi connectivity index (χ0v) is 12.5. The third-order valence-electron chi connectivity index (χ3n) is 5.20. The summed E-state index contributed by atoms with van der Waals surface area (Å²) in [4.78, 5) is 14.8. The topological polar surface area (TPSA) is 20.3 Å². The monoisotopic (exact) mass is 271 g/mol. The van der Waals surface area contributed by atoms with Gasteiger partial charge in [-0.1, -0.05) is 37.6 Å². The van der Waals surface area contributed by atoms with E-state index >= 15 is 0 Å². The van der Waals surface area contributed by atoms with Crippen LogP contribution in [0.2, 0.25) is 0 Å². The van der Waals surface area contributed by atoms with Crippen LogP contribution in [0.4, 0.5) is 0 Å². The van der Waals surface area contributed by atoms with Crippen molar-refractivity contribution in [1.82, 2.24) is 4.90 Å².